The normalized spacial score (nSPS) is 15.5. The number of carbonyl (C=O) groups excluding carboxylic acids is 2. The van der Waals surface area contributed by atoms with Crippen LogP contribution in [-0.2, 0) is 16.1 Å². The number of amides is 1. The number of rotatable bonds is 6. The van der Waals surface area contributed by atoms with E-state index in [9.17, 15) is 14.0 Å². The van der Waals surface area contributed by atoms with Crippen LogP contribution in [0.15, 0.2) is 60.8 Å². The maximum absolute atomic E-state index is 14.1. The first-order chi connectivity index (χ1) is 14.9. The van der Waals surface area contributed by atoms with E-state index in [2.05, 4.69) is 26.0 Å². The second kappa shape index (κ2) is 8.38. The van der Waals surface area contributed by atoms with E-state index in [1.165, 1.54) is 17.7 Å². The highest BCUT2D eigenvalue weighted by Gasteiger charge is 2.40. The predicted octanol–water partition coefficient (Wildman–Crippen LogP) is 5.06. The van der Waals surface area contributed by atoms with Gasteiger partial charge in [0.25, 0.3) is 5.91 Å². The minimum atomic E-state index is -0.824. The molecule has 1 aromatic heterocycles. The number of carbonyl (C=O) groups is 2. The number of anilines is 1. The number of aromatic nitrogens is 1. The third-order valence-electron chi connectivity index (χ3n) is 5.60. The highest BCUT2D eigenvalue weighted by Crippen LogP contribution is 2.40. The number of halogens is 1. The summed E-state index contributed by atoms with van der Waals surface area (Å²) in [7, 11) is 0. The van der Waals surface area contributed by atoms with Gasteiger partial charge in [-0.2, -0.15) is 0 Å². The van der Waals surface area contributed by atoms with Crippen LogP contribution in [0.25, 0.3) is 0 Å². The highest BCUT2D eigenvalue weighted by atomic mass is 19.1. The van der Waals surface area contributed by atoms with Crippen molar-refractivity contribution in [3.8, 4) is 0 Å². The standard InChI is InChI=1S/C25H25FN2O3/c1-4-31-25(30)22-6-5-13-27(22)23-20-14-19(26)11-12-21(20)28(24(23)29)15-17-7-9-18(10-8-17)16(2)3/h5-14,16,23H,4,15H2,1-3H3. The molecule has 0 radical (unpaired) electrons. The Morgan fingerprint density at radius 3 is 2.55 bits per heavy atom. The molecule has 5 nitrogen and oxygen atoms in total. The van der Waals surface area contributed by atoms with Crippen molar-refractivity contribution >= 4 is 17.6 Å². The summed E-state index contributed by atoms with van der Waals surface area (Å²) in [5, 5.41) is 0. The number of hydrogen-bond acceptors (Lipinski definition) is 3. The molecule has 0 fully saturated rings. The van der Waals surface area contributed by atoms with Crippen molar-refractivity contribution in [1.29, 1.82) is 0 Å². The molecule has 1 amide bonds. The molecule has 160 valence electrons. The van der Waals surface area contributed by atoms with Crippen LogP contribution in [0.3, 0.4) is 0 Å². The molecule has 0 spiro atoms. The van der Waals surface area contributed by atoms with E-state index in [0.29, 0.717) is 23.7 Å². The van der Waals surface area contributed by atoms with Gasteiger partial charge >= 0.3 is 5.97 Å². The van der Waals surface area contributed by atoms with Gasteiger partial charge in [0.2, 0.25) is 0 Å². The predicted molar refractivity (Wildman–Crippen MR) is 117 cm³/mol. The average Bonchev–Trinajstić information content (AvgIpc) is 3.31. The summed E-state index contributed by atoms with van der Waals surface area (Å²) in [5.74, 6) is -0.730. The molecule has 6 heteroatoms. The molecule has 2 heterocycles. The summed E-state index contributed by atoms with van der Waals surface area (Å²) in [6.45, 7) is 6.58. The Balaban J connectivity index is 1.72. The van der Waals surface area contributed by atoms with Crippen LogP contribution < -0.4 is 4.90 Å². The summed E-state index contributed by atoms with van der Waals surface area (Å²) < 4.78 is 20.8. The van der Waals surface area contributed by atoms with E-state index in [1.807, 2.05) is 12.1 Å². The first-order valence-electron chi connectivity index (χ1n) is 10.4. The molecule has 0 aliphatic carbocycles. The van der Waals surface area contributed by atoms with Gasteiger partial charge in [0.15, 0.2) is 0 Å². The fraction of sp³-hybridized carbons (Fsp3) is 0.280. The second-order valence-electron chi connectivity index (χ2n) is 7.95. The summed E-state index contributed by atoms with van der Waals surface area (Å²) in [6.07, 6.45) is 1.66. The van der Waals surface area contributed by atoms with Crippen LogP contribution in [0.5, 0.6) is 0 Å². The third kappa shape index (κ3) is 3.85. The highest BCUT2D eigenvalue weighted by molar-refractivity contribution is 6.05. The summed E-state index contributed by atoms with van der Waals surface area (Å²) in [5.41, 5.74) is 3.65. The average molecular weight is 420 g/mol. The molecule has 3 aromatic rings. The van der Waals surface area contributed by atoms with E-state index in [0.717, 1.165) is 5.56 Å². The molecule has 1 atom stereocenters. The van der Waals surface area contributed by atoms with Crippen molar-refractivity contribution in [3.05, 3.63) is 89.0 Å². The van der Waals surface area contributed by atoms with Crippen LogP contribution in [0, 0.1) is 5.82 Å². The maximum Gasteiger partial charge on any atom is 0.354 e. The topological polar surface area (TPSA) is 51.5 Å². The number of fused-ring (bicyclic) bond motifs is 1. The lowest BCUT2D eigenvalue weighted by Gasteiger charge is -2.19. The molecular formula is C25H25FN2O3. The molecule has 0 N–H and O–H groups in total. The van der Waals surface area contributed by atoms with Gasteiger partial charge in [0.1, 0.15) is 17.6 Å². The zero-order valence-electron chi connectivity index (χ0n) is 17.8. The second-order valence-corrected chi connectivity index (χ2v) is 7.95. The van der Waals surface area contributed by atoms with E-state index in [1.54, 1.807) is 40.8 Å². The van der Waals surface area contributed by atoms with Gasteiger partial charge in [-0.05, 0) is 54.3 Å². The van der Waals surface area contributed by atoms with Crippen LogP contribution in [0.1, 0.15) is 59.9 Å². The Morgan fingerprint density at radius 2 is 1.87 bits per heavy atom. The SMILES string of the molecule is CCOC(=O)c1cccn1C1C(=O)N(Cc2ccc(C(C)C)cc2)c2ccc(F)cc21. The van der Waals surface area contributed by atoms with Gasteiger partial charge in [-0.15, -0.1) is 0 Å². The molecule has 1 unspecified atom stereocenters. The van der Waals surface area contributed by atoms with Crippen LogP contribution in [0.2, 0.25) is 0 Å². The minimum absolute atomic E-state index is 0.213. The Hall–Kier alpha value is -3.41. The van der Waals surface area contributed by atoms with Crippen molar-refractivity contribution in [2.45, 2.75) is 39.3 Å². The van der Waals surface area contributed by atoms with Crippen LogP contribution in [0.4, 0.5) is 10.1 Å². The van der Waals surface area contributed by atoms with Crippen molar-refractivity contribution in [2.24, 2.45) is 0 Å². The van der Waals surface area contributed by atoms with Crippen LogP contribution in [-0.4, -0.2) is 23.1 Å². The number of nitrogens with zero attached hydrogens (tertiary/aromatic N) is 2. The van der Waals surface area contributed by atoms with Crippen molar-refractivity contribution < 1.29 is 18.7 Å². The number of esters is 1. The Labute approximate surface area is 181 Å². The van der Waals surface area contributed by atoms with Crippen LogP contribution >= 0.6 is 0 Å². The van der Waals surface area contributed by atoms with E-state index in [-0.39, 0.29) is 18.2 Å². The van der Waals surface area contributed by atoms with Gasteiger partial charge in [-0.1, -0.05) is 38.1 Å². The molecule has 1 aliphatic heterocycles. The molecule has 2 aromatic carbocycles. The molecule has 1 aliphatic rings. The van der Waals surface area contributed by atoms with Crippen molar-refractivity contribution in [3.63, 3.8) is 0 Å². The monoisotopic (exact) mass is 420 g/mol. The third-order valence-corrected chi connectivity index (χ3v) is 5.60. The number of ether oxygens (including phenoxy) is 1. The quantitative estimate of drug-likeness (QED) is 0.524. The molecule has 31 heavy (non-hydrogen) atoms. The summed E-state index contributed by atoms with van der Waals surface area (Å²) in [6, 6.07) is 15.0. The fourth-order valence-corrected chi connectivity index (χ4v) is 4.01. The first kappa shape index (κ1) is 20.8. The van der Waals surface area contributed by atoms with Crippen molar-refractivity contribution in [2.75, 3.05) is 11.5 Å². The van der Waals surface area contributed by atoms with Gasteiger partial charge in [-0.25, -0.2) is 9.18 Å². The van der Waals surface area contributed by atoms with Gasteiger partial charge in [0, 0.05) is 11.8 Å². The van der Waals surface area contributed by atoms with Gasteiger partial charge in [-0.3, -0.25) is 4.79 Å². The molecular weight excluding hydrogens is 395 g/mol. The molecule has 0 saturated heterocycles. The zero-order valence-corrected chi connectivity index (χ0v) is 17.8. The van der Waals surface area contributed by atoms with E-state index >= 15 is 0 Å². The number of benzene rings is 2. The molecule has 0 saturated carbocycles. The fourth-order valence-electron chi connectivity index (χ4n) is 4.01. The van der Waals surface area contributed by atoms with Gasteiger partial charge in [0.05, 0.1) is 18.8 Å². The number of hydrogen-bond donors (Lipinski definition) is 0. The Morgan fingerprint density at radius 1 is 1.13 bits per heavy atom. The van der Waals surface area contributed by atoms with Crippen molar-refractivity contribution in [1.82, 2.24) is 4.57 Å². The maximum atomic E-state index is 14.1. The minimum Gasteiger partial charge on any atom is -0.461 e. The zero-order chi connectivity index (χ0) is 22.1. The van der Waals surface area contributed by atoms with E-state index in [4.69, 9.17) is 4.74 Å². The first-order valence-corrected chi connectivity index (χ1v) is 10.4. The lowest BCUT2D eigenvalue weighted by Crippen LogP contribution is -2.31. The smallest absolute Gasteiger partial charge is 0.354 e. The van der Waals surface area contributed by atoms with E-state index < -0.39 is 17.8 Å². The lowest BCUT2D eigenvalue weighted by atomic mass is 10.0. The summed E-state index contributed by atoms with van der Waals surface area (Å²) in [4.78, 5) is 27.6. The molecule has 0 bridgehead atoms. The summed E-state index contributed by atoms with van der Waals surface area (Å²) >= 11 is 0. The molecule has 4 rings (SSSR count). The largest absolute Gasteiger partial charge is 0.461 e. The Kier molecular flexibility index (Phi) is 5.63. The Bertz CT molecular complexity index is 1120. The lowest BCUT2D eigenvalue weighted by molar-refractivity contribution is -0.120. The van der Waals surface area contributed by atoms with Gasteiger partial charge < -0.3 is 14.2 Å².